The lowest BCUT2D eigenvalue weighted by Crippen LogP contribution is -2.48. The number of methoxy groups -OCH3 is 2. The van der Waals surface area contributed by atoms with Crippen LogP contribution in [0.4, 0.5) is 5.95 Å². The minimum absolute atomic E-state index is 0.0388. The molecule has 1 fully saturated rings. The summed E-state index contributed by atoms with van der Waals surface area (Å²) in [7, 11) is 3.12. The van der Waals surface area contributed by atoms with E-state index in [1.807, 2.05) is 0 Å². The maximum atomic E-state index is 12.7. The molecule has 1 amide bonds. The Bertz CT molecular complexity index is 724. The number of ether oxygens (including phenoxy) is 2. The van der Waals surface area contributed by atoms with Crippen molar-refractivity contribution >= 4 is 11.9 Å². The highest BCUT2D eigenvalue weighted by Gasteiger charge is 2.24. The Hall–Kier alpha value is -2.83. The van der Waals surface area contributed by atoms with Crippen molar-refractivity contribution in [3.05, 3.63) is 42.2 Å². The highest BCUT2D eigenvalue weighted by molar-refractivity contribution is 5.97. The summed E-state index contributed by atoms with van der Waals surface area (Å²) in [4.78, 5) is 23.3. The Morgan fingerprint density at radius 3 is 2.76 bits per heavy atom. The maximum Gasteiger partial charge on any atom is 0.255 e. The number of nitrogens with one attached hydrogen (secondary N) is 1. The van der Waals surface area contributed by atoms with Crippen LogP contribution in [0.15, 0.2) is 36.7 Å². The molecule has 1 atom stereocenters. The zero-order valence-electron chi connectivity index (χ0n) is 14.4. The largest absolute Gasteiger partial charge is 0.497 e. The Balaban J connectivity index is 1.68. The van der Waals surface area contributed by atoms with Gasteiger partial charge >= 0.3 is 0 Å². The molecule has 1 aromatic heterocycles. The molecule has 1 N–H and O–H groups in total. The van der Waals surface area contributed by atoms with Gasteiger partial charge in [0.05, 0.1) is 19.8 Å². The Morgan fingerprint density at radius 1 is 1.24 bits per heavy atom. The lowest BCUT2D eigenvalue weighted by Gasteiger charge is -2.33. The number of anilines is 1. The van der Waals surface area contributed by atoms with Gasteiger partial charge in [0.15, 0.2) is 0 Å². The third kappa shape index (κ3) is 3.99. The van der Waals surface area contributed by atoms with Crippen LogP contribution >= 0.6 is 0 Å². The van der Waals surface area contributed by atoms with E-state index in [9.17, 15) is 4.79 Å². The fourth-order valence-corrected chi connectivity index (χ4v) is 2.98. The van der Waals surface area contributed by atoms with E-state index in [-0.39, 0.29) is 11.9 Å². The van der Waals surface area contributed by atoms with E-state index in [2.05, 4.69) is 20.2 Å². The van der Waals surface area contributed by atoms with Crippen LogP contribution in [-0.2, 0) is 0 Å². The fourth-order valence-electron chi connectivity index (χ4n) is 2.98. The van der Waals surface area contributed by atoms with Crippen LogP contribution in [0.5, 0.6) is 11.5 Å². The van der Waals surface area contributed by atoms with Crippen LogP contribution < -0.4 is 19.7 Å². The first kappa shape index (κ1) is 17.0. The third-order valence-electron chi connectivity index (χ3n) is 4.24. The van der Waals surface area contributed by atoms with Crippen LogP contribution in [0.1, 0.15) is 23.2 Å². The molecule has 0 radical (unpaired) electrons. The minimum Gasteiger partial charge on any atom is -0.497 e. The van der Waals surface area contributed by atoms with Gasteiger partial charge in [0, 0.05) is 37.6 Å². The van der Waals surface area contributed by atoms with Crippen LogP contribution in [0.2, 0.25) is 0 Å². The summed E-state index contributed by atoms with van der Waals surface area (Å²) in [6, 6.07) is 7.01. The number of benzene rings is 1. The van der Waals surface area contributed by atoms with E-state index < -0.39 is 0 Å². The molecular weight excluding hydrogens is 320 g/mol. The molecule has 0 saturated carbocycles. The molecule has 0 unspecified atom stereocenters. The second kappa shape index (κ2) is 7.83. The molecule has 0 bridgehead atoms. The summed E-state index contributed by atoms with van der Waals surface area (Å²) in [5, 5.41) is 3.09. The van der Waals surface area contributed by atoms with E-state index in [1.54, 1.807) is 50.9 Å². The number of hydrogen-bond donors (Lipinski definition) is 1. The van der Waals surface area contributed by atoms with Gasteiger partial charge in [-0.3, -0.25) is 4.79 Å². The summed E-state index contributed by atoms with van der Waals surface area (Å²) in [5.74, 6) is 1.69. The van der Waals surface area contributed by atoms with Crippen molar-refractivity contribution in [2.24, 2.45) is 0 Å². The summed E-state index contributed by atoms with van der Waals surface area (Å²) in [5.41, 5.74) is 0.497. The summed E-state index contributed by atoms with van der Waals surface area (Å²) < 4.78 is 10.5. The third-order valence-corrected chi connectivity index (χ3v) is 4.24. The lowest BCUT2D eigenvalue weighted by atomic mass is 10.0. The maximum absolute atomic E-state index is 12.7. The van der Waals surface area contributed by atoms with Gasteiger partial charge in [-0.2, -0.15) is 0 Å². The zero-order chi connectivity index (χ0) is 17.6. The summed E-state index contributed by atoms with van der Waals surface area (Å²) in [6.07, 6.45) is 5.36. The van der Waals surface area contributed by atoms with Crippen LogP contribution in [0.3, 0.4) is 0 Å². The smallest absolute Gasteiger partial charge is 0.255 e. The van der Waals surface area contributed by atoms with E-state index in [0.717, 1.165) is 19.4 Å². The number of aromatic nitrogens is 2. The van der Waals surface area contributed by atoms with Gasteiger partial charge in [-0.15, -0.1) is 0 Å². The number of rotatable bonds is 5. The van der Waals surface area contributed by atoms with Crippen molar-refractivity contribution in [3.8, 4) is 11.5 Å². The molecule has 7 nitrogen and oxygen atoms in total. The number of hydrogen-bond acceptors (Lipinski definition) is 6. The average Bonchev–Trinajstić information content (AvgIpc) is 2.68. The normalized spacial score (nSPS) is 17.0. The van der Waals surface area contributed by atoms with Crippen molar-refractivity contribution in [1.29, 1.82) is 0 Å². The van der Waals surface area contributed by atoms with E-state index in [0.29, 0.717) is 29.6 Å². The monoisotopic (exact) mass is 342 g/mol. The molecule has 3 rings (SSSR count). The van der Waals surface area contributed by atoms with E-state index in [4.69, 9.17) is 9.47 Å². The predicted molar refractivity (Wildman–Crippen MR) is 94.3 cm³/mol. The molecular formula is C18H22N4O3. The molecule has 7 heteroatoms. The lowest BCUT2D eigenvalue weighted by molar-refractivity contribution is 0.0930. The molecule has 1 aromatic carbocycles. The van der Waals surface area contributed by atoms with Gasteiger partial charge in [-0.1, -0.05) is 0 Å². The quantitative estimate of drug-likeness (QED) is 0.894. The number of carbonyl (C=O) groups is 1. The first-order valence-electron chi connectivity index (χ1n) is 8.26. The highest BCUT2D eigenvalue weighted by atomic mass is 16.5. The Labute approximate surface area is 147 Å². The molecule has 1 saturated heterocycles. The number of amides is 1. The zero-order valence-corrected chi connectivity index (χ0v) is 14.4. The van der Waals surface area contributed by atoms with Crippen molar-refractivity contribution in [1.82, 2.24) is 15.3 Å². The molecule has 0 aliphatic carbocycles. The Morgan fingerprint density at radius 2 is 2.04 bits per heavy atom. The molecule has 0 spiro atoms. The molecule has 25 heavy (non-hydrogen) atoms. The van der Waals surface area contributed by atoms with Gasteiger partial charge in [-0.25, -0.2) is 9.97 Å². The number of nitrogens with zero attached hydrogens (tertiary/aromatic N) is 3. The highest BCUT2D eigenvalue weighted by Crippen LogP contribution is 2.25. The van der Waals surface area contributed by atoms with Crippen molar-refractivity contribution in [2.45, 2.75) is 18.9 Å². The van der Waals surface area contributed by atoms with Gasteiger partial charge in [0.25, 0.3) is 5.91 Å². The number of piperidine rings is 1. The minimum atomic E-state index is -0.152. The first-order valence-corrected chi connectivity index (χ1v) is 8.26. The van der Waals surface area contributed by atoms with E-state index >= 15 is 0 Å². The first-order chi connectivity index (χ1) is 12.2. The van der Waals surface area contributed by atoms with Crippen molar-refractivity contribution in [3.63, 3.8) is 0 Å². The Kier molecular flexibility index (Phi) is 5.33. The van der Waals surface area contributed by atoms with Crippen molar-refractivity contribution < 1.29 is 14.3 Å². The predicted octanol–water partition coefficient (Wildman–Crippen LogP) is 1.89. The van der Waals surface area contributed by atoms with E-state index in [1.165, 1.54) is 0 Å². The molecule has 1 aliphatic rings. The summed E-state index contributed by atoms with van der Waals surface area (Å²) in [6.45, 7) is 1.58. The molecule has 132 valence electrons. The summed E-state index contributed by atoms with van der Waals surface area (Å²) >= 11 is 0. The topological polar surface area (TPSA) is 76.6 Å². The molecule has 1 aliphatic heterocycles. The number of carbonyl (C=O) groups excluding carboxylic acids is 1. The average molecular weight is 342 g/mol. The SMILES string of the molecule is COc1ccc(C(=O)N[C@H]2CCCN(c3ncccn3)C2)c(OC)c1. The standard InChI is InChI=1S/C18H22N4O3/c1-24-14-6-7-15(16(11-14)25-2)17(23)21-13-5-3-10-22(12-13)18-19-8-4-9-20-18/h4,6-9,11,13H,3,5,10,12H2,1-2H3,(H,21,23)/t13-/m0/s1. The van der Waals surface area contributed by atoms with Gasteiger partial charge in [-0.05, 0) is 31.0 Å². The second-order valence-electron chi connectivity index (χ2n) is 5.87. The van der Waals surface area contributed by atoms with Crippen molar-refractivity contribution in [2.75, 3.05) is 32.2 Å². The molecule has 2 heterocycles. The van der Waals surface area contributed by atoms with Crippen LogP contribution in [0.25, 0.3) is 0 Å². The molecule has 2 aromatic rings. The van der Waals surface area contributed by atoms with Crippen LogP contribution in [-0.4, -0.2) is 49.2 Å². The van der Waals surface area contributed by atoms with Gasteiger partial charge in [0.1, 0.15) is 11.5 Å². The van der Waals surface area contributed by atoms with Gasteiger partial charge < -0.3 is 19.7 Å². The van der Waals surface area contributed by atoms with Crippen LogP contribution in [0, 0.1) is 0 Å². The fraction of sp³-hybridized carbons (Fsp3) is 0.389. The second-order valence-corrected chi connectivity index (χ2v) is 5.87. The van der Waals surface area contributed by atoms with Gasteiger partial charge in [0.2, 0.25) is 5.95 Å².